The summed E-state index contributed by atoms with van der Waals surface area (Å²) in [6, 6.07) is 5.14. The van der Waals surface area contributed by atoms with Gasteiger partial charge in [-0.05, 0) is 37.1 Å². The van der Waals surface area contributed by atoms with Gasteiger partial charge >= 0.3 is 11.9 Å². The molecule has 0 saturated heterocycles. The molecule has 0 aliphatic rings. The van der Waals surface area contributed by atoms with Crippen molar-refractivity contribution in [2.75, 3.05) is 13.1 Å². The molecule has 42 heavy (non-hydrogen) atoms. The van der Waals surface area contributed by atoms with Gasteiger partial charge in [0.05, 0.1) is 11.1 Å². The average molecular weight is 648 g/mol. The van der Waals surface area contributed by atoms with Crippen molar-refractivity contribution in [3.8, 4) is 0 Å². The number of nitrogens with one attached hydrogen (secondary N) is 2. The number of halogens is 4. The van der Waals surface area contributed by atoms with E-state index in [-0.39, 0.29) is 80.0 Å². The summed E-state index contributed by atoms with van der Waals surface area (Å²) in [6.07, 6.45) is 1.32. The molecule has 5 aromatic carbocycles. The van der Waals surface area contributed by atoms with Crippen molar-refractivity contribution >= 4 is 113 Å². The highest BCUT2D eigenvalue weighted by Crippen LogP contribution is 2.52. The molecule has 0 bridgehead atoms. The standard InChI is InChI=1S/C30H22Cl4N2O6/c1-3-5-35-27(37)11-7-15(31)21-23-17(33)9-13(29(39)40)20-14(30(41)42)10-18(34)24(26(20)23)22-16(32)8-12(19(11)25(21)22)28(38)36-6-4-2/h7-10H,3-6H2,1-2H3,(H,35,37)(H,36,38)(H,39,40)(H,41,42). The summed E-state index contributed by atoms with van der Waals surface area (Å²) in [6.45, 7) is 4.53. The molecule has 4 N–H and O–H groups in total. The number of carbonyl (C=O) groups is 4. The van der Waals surface area contributed by atoms with Gasteiger partial charge in [0, 0.05) is 87.4 Å². The maximum Gasteiger partial charge on any atom is 0.336 e. The topological polar surface area (TPSA) is 133 Å². The van der Waals surface area contributed by atoms with E-state index in [1.807, 2.05) is 13.8 Å². The number of carboxylic acids is 2. The fraction of sp³-hybridized carbons (Fsp3) is 0.200. The number of benzene rings is 5. The highest BCUT2D eigenvalue weighted by atomic mass is 35.5. The lowest BCUT2D eigenvalue weighted by molar-refractivity contribution is 0.0695. The summed E-state index contributed by atoms with van der Waals surface area (Å²) in [5, 5.41) is 27.2. The van der Waals surface area contributed by atoms with Crippen molar-refractivity contribution in [3.63, 3.8) is 0 Å². The van der Waals surface area contributed by atoms with Crippen LogP contribution in [0.1, 0.15) is 68.1 Å². The smallest absolute Gasteiger partial charge is 0.336 e. The molecular weight excluding hydrogens is 626 g/mol. The molecular formula is C30H22Cl4N2O6. The first-order valence-corrected chi connectivity index (χ1v) is 14.5. The Morgan fingerprint density at radius 2 is 0.810 bits per heavy atom. The van der Waals surface area contributed by atoms with Crippen LogP contribution in [0.5, 0.6) is 0 Å². The van der Waals surface area contributed by atoms with Gasteiger partial charge in [0.2, 0.25) is 0 Å². The molecule has 0 atom stereocenters. The van der Waals surface area contributed by atoms with E-state index in [2.05, 4.69) is 10.6 Å². The molecule has 0 heterocycles. The van der Waals surface area contributed by atoms with Gasteiger partial charge in [0.25, 0.3) is 11.8 Å². The van der Waals surface area contributed by atoms with Crippen LogP contribution in [-0.2, 0) is 0 Å². The monoisotopic (exact) mass is 646 g/mol. The molecule has 0 aliphatic heterocycles. The van der Waals surface area contributed by atoms with Crippen molar-refractivity contribution < 1.29 is 29.4 Å². The second-order valence-electron chi connectivity index (χ2n) is 9.75. The maximum absolute atomic E-state index is 13.5. The largest absolute Gasteiger partial charge is 0.478 e. The second kappa shape index (κ2) is 11.3. The minimum absolute atomic E-state index is 0.0475. The number of hydrogen-bond donors (Lipinski definition) is 4. The molecule has 0 saturated carbocycles. The Kier molecular flexibility index (Phi) is 8.02. The molecule has 2 amide bonds. The first-order chi connectivity index (χ1) is 19.9. The van der Waals surface area contributed by atoms with Crippen LogP contribution in [0.15, 0.2) is 24.3 Å². The van der Waals surface area contributed by atoms with Crippen molar-refractivity contribution in [1.82, 2.24) is 10.6 Å². The van der Waals surface area contributed by atoms with Gasteiger partial charge < -0.3 is 20.8 Å². The normalized spacial score (nSPS) is 11.6. The van der Waals surface area contributed by atoms with Crippen LogP contribution in [0.4, 0.5) is 0 Å². The van der Waals surface area contributed by atoms with E-state index in [0.717, 1.165) is 12.1 Å². The first-order valence-electron chi connectivity index (χ1n) is 13.0. The van der Waals surface area contributed by atoms with Crippen LogP contribution in [0.2, 0.25) is 20.1 Å². The SMILES string of the molecule is CCCNC(=O)c1cc(Cl)c2c3c(Cl)cc(C(=O)O)c4c(C(=O)O)cc(Cl)c(c5c(Cl)cc(C(=O)NCCC)c1c25)c43. The molecule has 0 spiro atoms. The number of fused-ring (bicyclic) bond motifs is 2. The zero-order valence-corrected chi connectivity index (χ0v) is 25.2. The van der Waals surface area contributed by atoms with Crippen LogP contribution in [-0.4, -0.2) is 47.1 Å². The van der Waals surface area contributed by atoms with Crippen LogP contribution in [0.25, 0.3) is 43.1 Å². The van der Waals surface area contributed by atoms with Crippen LogP contribution in [0, 0.1) is 0 Å². The van der Waals surface area contributed by atoms with E-state index in [4.69, 9.17) is 46.4 Å². The molecule has 0 radical (unpaired) electrons. The summed E-state index contributed by atoms with van der Waals surface area (Å²) in [5.41, 5.74) is -0.481. The van der Waals surface area contributed by atoms with Gasteiger partial charge in [-0.2, -0.15) is 0 Å². The molecule has 0 aliphatic carbocycles. The molecule has 5 aromatic rings. The van der Waals surface area contributed by atoms with Crippen molar-refractivity contribution in [2.24, 2.45) is 0 Å². The van der Waals surface area contributed by atoms with Crippen molar-refractivity contribution in [2.45, 2.75) is 26.7 Å². The van der Waals surface area contributed by atoms with E-state index in [0.29, 0.717) is 31.3 Å². The third-order valence-corrected chi connectivity index (χ3v) is 8.33. The van der Waals surface area contributed by atoms with Crippen LogP contribution >= 0.6 is 46.4 Å². The lowest BCUT2D eigenvalue weighted by Crippen LogP contribution is -2.27. The van der Waals surface area contributed by atoms with Gasteiger partial charge in [-0.1, -0.05) is 60.3 Å². The van der Waals surface area contributed by atoms with Gasteiger partial charge in [0.15, 0.2) is 0 Å². The lowest BCUT2D eigenvalue weighted by atomic mass is 9.84. The molecule has 12 heteroatoms. The zero-order chi connectivity index (χ0) is 30.6. The van der Waals surface area contributed by atoms with Crippen LogP contribution in [0.3, 0.4) is 0 Å². The predicted octanol–water partition coefficient (Wildman–Crippen LogP) is 8.03. The molecule has 0 aromatic heterocycles. The summed E-state index contributed by atoms with van der Waals surface area (Å²) in [7, 11) is 0. The fourth-order valence-corrected chi connectivity index (χ4v) is 6.67. The Labute approximate surface area is 258 Å². The number of aromatic carboxylic acids is 2. The second-order valence-corrected chi connectivity index (χ2v) is 11.4. The first kappa shape index (κ1) is 29.9. The third-order valence-electron chi connectivity index (χ3n) is 7.14. The van der Waals surface area contributed by atoms with E-state index < -0.39 is 23.8 Å². The number of carboxylic acid groups (broad SMARTS) is 2. The van der Waals surface area contributed by atoms with Gasteiger partial charge in [-0.3, -0.25) is 9.59 Å². The number of rotatable bonds is 8. The molecule has 0 fully saturated rings. The minimum Gasteiger partial charge on any atom is -0.478 e. The quantitative estimate of drug-likeness (QED) is 0.0995. The number of hydrogen-bond acceptors (Lipinski definition) is 4. The fourth-order valence-electron chi connectivity index (χ4n) is 5.48. The zero-order valence-electron chi connectivity index (χ0n) is 22.2. The highest BCUT2D eigenvalue weighted by Gasteiger charge is 2.31. The Morgan fingerprint density at radius 1 is 0.524 bits per heavy atom. The van der Waals surface area contributed by atoms with Crippen molar-refractivity contribution in [1.29, 1.82) is 0 Å². The highest BCUT2D eigenvalue weighted by molar-refractivity contribution is 6.55. The summed E-state index contributed by atoms with van der Waals surface area (Å²) < 4.78 is 0. The average Bonchev–Trinajstić information content (AvgIpc) is 2.94. The third kappa shape index (κ3) is 4.54. The summed E-state index contributed by atoms with van der Waals surface area (Å²) in [5.74, 6) is -3.76. The van der Waals surface area contributed by atoms with E-state index in [9.17, 15) is 29.4 Å². The molecule has 8 nitrogen and oxygen atoms in total. The minimum atomic E-state index is -1.40. The summed E-state index contributed by atoms with van der Waals surface area (Å²) in [4.78, 5) is 51.6. The Morgan fingerprint density at radius 3 is 1.10 bits per heavy atom. The summed E-state index contributed by atoms with van der Waals surface area (Å²) >= 11 is 27.2. The Balaban J connectivity index is 2.16. The Bertz CT molecular complexity index is 1870. The lowest BCUT2D eigenvalue weighted by Gasteiger charge is -2.23. The maximum atomic E-state index is 13.5. The molecule has 0 unspecified atom stereocenters. The number of amides is 2. The van der Waals surface area contributed by atoms with E-state index >= 15 is 0 Å². The Hall–Kier alpha value is -3.56. The van der Waals surface area contributed by atoms with Crippen LogP contribution < -0.4 is 10.6 Å². The number of carbonyl (C=O) groups excluding carboxylic acids is 2. The molecule has 216 valence electrons. The van der Waals surface area contributed by atoms with Gasteiger partial charge in [-0.25, -0.2) is 9.59 Å². The molecule has 5 rings (SSSR count). The van der Waals surface area contributed by atoms with E-state index in [1.165, 1.54) is 12.1 Å². The van der Waals surface area contributed by atoms with Crippen molar-refractivity contribution in [3.05, 3.63) is 66.6 Å². The van der Waals surface area contributed by atoms with Gasteiger partial charge in [0.1, 0.15) is 0 Å². The van der Waals surface area contributed by atoms with Gasteiger partial charge in [-0.15, -0.1) is 0 Å². The predicted molar refractivity (Wildman–Crippen MR) is 167 cm³/mol. The van der Waals surface area contributed by atoms with E-state index in [1.54, 1.807) is 0 Å².